The average molecular weight is 212 g/mol. The smallest absolute Gasteiger partial charge is 0.119 e. The third-order valence-corrected chi connectivity index (χ3v) is 2.61. The van der Waals surface area contributed by atoms with Gasteiger partial charge in [-0.2, -0.15) is 0 Å². The van der Waals surface area contributed by atoms with Gasteiger partial charge in [0, 0.05) is 5.56 Å². The second kappa shape index (κ2) is 4.35. The molecule has 0 N–H and O–H groups in total. The van der Waals surface area contributed by atoms with E-state index in [-0.39, 0.29) is 0 Å². The summed E-state index contributed by atoms with van der Waals surface area (Å²) in [6.07, 6.45) is 2.86. The fourth-order valence-electron chi connectivity index (χ4n) is 1.91. The van der Waals surface area contributed by atoms with E-state index in [4.69, 9.17) is 4.74 Å². The molecule has 2 rings (SSSR count). The third-order valence-electron chi connectivity index (χ3n) is 2.61. The maximum atomic E-state index is 5.24. The Bertz CT molecular complexity index is 468. The predicted octanol–water partition coefficient (Wildman–Crippen LogP) is 3.17. The highest BCUT2D eigenvalue weighted by Gasteiger charge is 2.08. The molecule has 0 unspecified atom stereocenters. The average Bonchev–Trinajstić information content (AvgIpc) is 2.29. The zero-order chi connectivity index (χ0) is 11.5. The van der Waals surface area contributed by atoms with E-state index in [1.807, 2.05) is 24.3 Å². The van der Waals surface area contributed by atoms with Crippen LogP contribution in [0.15, 0.2) is 30.3 Å². The highest BCUT2D eigenvalue weighted by atomic mass is 16.5. The van der Waals surface area contributed by atoms with Gasteiger partial charge in [-0.25, -0.2) is 4.98 Å². The van der Waals surface area contributed by atoms with E-state index in [1.165, 1.54) is 11.1 Å². The molecule has 0 atom stereocenters. The van der Waals surface area contributed by atoms with Crippen LogP contribution in [0.25, 0.3) is 11.3 Å². The zero-order valence-electron chi connectivity index (χ0n) is 9.74. The molecule has 16 heavy (non-hydrogen) atoms. The topological polar surface area (TPSA) is 22.1 Å². The Kier molecular flexibility index (Phi) is 2.91. The minimum absolute atomic E-state index is 0.888. The number of ether oxygens (including phenoxy) is 1. The molecule has 2 nitrogen and oxygen atoms in total. The van der Waals surface area contributed by atoms with Crippen LogP contribution < -0.4 is 4.74 Å². The highest BCUT2D eigenvalue weighted by molar-refractivity contribution is 5.68. The number of aryl methyl sites for hydroxylation is 2. The molecule has 2 heteroatoms. The Labute approximate surface area is 95.9 Å². The summed E-state index contributed by atoms with van der Waals surface area (Å²) in [5.74, 6) is 0.888. The van der Waals surface area contributed by atoms with Crippen molar-refractivity contribution in [2.75, 3.05) is 7.11 Å². The van der Waals surface area contributed by atoms with Gasteiger partial charge in [0.05, 0.1) is 19.0 Å². The summed E-state index contributed by atoms with van der Waals surface area (Å²) in [5, 5.41) is 0. The van der Waals surface area contributed by atoms with Crippen molar-refractivity contribution < 1.29 is 4.74 Å². The monoisotopic (exact) mass is 212 g/mol. The lowest BCUT2D eigenvalue weighted by molar-refractivity contribution is 0.414. The SMILES string of the molecule is COc1cc(C)c(-c2ccc[c]n2)c(C)c1. The molecule has 1 aromatic heterocycles. The number of benzene rings is 1. The molecular formula is C14H14NO. The molecule has 1 aromatic carbocycles. The predicted molar refractivity (Wildman–Crippen MR) is 64.5 cm³/mol. The molecule has 0 spiro atoms. The second-order valence-corrected chi connectivity index (χ2v) is 3.79. The van der Waals surface area contributed by atoms with Crippen molar-refractivity contribution in [1.29, 1.82) is 0 Å². The van der Waals surface area contributed by atoms with E-state index in [1.54, 1.807) is 13.2 Å². The first-order valence-electron chi connectivity index (χ1n) is 5.21. The maximum absolute atomic E-state index is 5.24. The normalized spacial score (nSPS) is 10.2. The first-order valence-corrected chi connectivity index (χ1v) is 5.21. The van der Waals surface area contributed by atoms with E-state index >= 15 is 0 Å². The van der Waals surface area contributed by atoms with Crippen molar-refractivity contribution in [1.82, 2.24) is 4.98 Å². The van der Waals surface area contributed by atoms with Crippen molar-refractivity contribution in [3.05, 3.63) is 47.7 Å². The quantitative estimate of drug-likeness (QED) is 0.762. The van der Waals surface area contributed by atoms with Crippen molar-refractivity contribution >= 4 is 0 Å². The fraction of sp³-hybridized carbons (Fsp3) is 0.214. The van der Waals surface area contributed by atoms with Gasteiger partial charge in [-0.05, 0) is 49.2 Å². The summed E-state index contributed by atoms with van der Waals surface area (Å²) in [7, 11) is 1.68. The Morgan fingerprint density at radius 2 is 1.88 bits per heavy atom. The van der Waals surface area contributed by atoms with E-state index < -0.39 is 0 Å². The molecule has 0 bridgehead atoms. The first-order chi connectivity index (χ1) is 7.72. The van der Waals surface area contributed by atoms with Crippen molar-refractivity contribution in [2.45, 2.75) is 13.8 Å². The third kappa shape index (κ3) is 1.91. The van der Waals surface area contributed by atoms with Crippen LogP contribution in [0.2, 0.25) is 0 Å². The number of nitrogens with zero attached hydrogens (tertiary/aromatic N) is 1. The van der Waals surface area contributed by atoms with Crippen molar-refractivity contribution in [3.63, 3.8) is 0 Å². The summed E-state index contributed by atoms with van der Waals surface area (Å²) in [6, 6.07) is 9.80. The van der Waals surface area contributed by atoms with Crippen LogP contribution in [0, 0.1) is 20.0 Å². The Morgan fingerprint density at radius 1 is 1.19 bits per heavy atom. The molecule has 81 valence electrons. The van der Waals surface area contributed by atoms with Gasteiger partial charge < -0.3 is 4.74 Å². The van der Waals surface area contributed by atoms with Gasteiger partial charge in [0.25, 0.3) is 0 Å². The van der Waals surface area contributed by atoms with E-state index in [9.17, 15) is 0 Å². The molecule has 0 amide bonds. The minimum Gasteiger partial charge on any atom is -0.497 e. The van der Waals surface area contributed by atoms with Crippen LogP contribution in [0.1, 0.15) is 11.1 Å². The van der Waals surface area contributed by atoms with Gasteiger partial charge in [-0.3, -0.25) is 0 Å². The van der Waals surface area contributed by atoms with Crippen LogP contribution in [0.4, 0.5) is 0 Å². The van der Waals surface area contributed by atoms with E-state index in [0.717, 1.165) is 17.0 Å². The lowest BCUT2D eigenvalue weighted by atomic mass is 9.99. The maximum Gasteiger partial charge on any atom is 0.119 e. The molecule has 0 fully saturated rings. The van der Waals surface area contributed by atoms with Gasteiger partial charge in [0.2, 0.25) is 0 Å². The molecule has 1 radical (unpaired) electrons. The number of rotatable bonds is 2. The number of hydrogen-bond acceptors (Lipinski definition) is 2. The highest BCUT2D eigenvalue weighted by Crippen LogP contribution is 2.29. The van der Waals surface area contributed by atoms with Crippen LogP contribution in [-0.2, 0) is 0 Å². The number of methoxy groups -OCH3 is 1. The van der Waals surface area contributed by atoms with Gasteiger partial charge >= 0.3 is 0 Å². The molecule has 0 aliphatic rings. The summed E-state index contributed by atoms with van der Waals surface area (Å²) in [4.78, 5) is 4.26. The lowest BCUT2D eigenvalue weighted by Crippen LogP contribution is -1.93. The molecule has 0 saturated heterocycles. The Hall–Kier alpha value is -1.83. The minimum atomic E-state index is 0.888. The van der Waals surface area contributed by atoms with Crippen molar-refractivity contribution in [2.24, 2.45) is 0 Å². The van der Waals surface area contributed by atoms with Crippen LogP contribution in [-0.4, -0.2) is 12.1 Å². The standard InChI is InChI=1S/C14H14NO/c1-10-8-12(16-3)9-11(2)14(10)13-6-4-5-7-15-13/h4-6,8-9H,1-3H3. The number of aromatic nitrogens is 1. The summed E-state index contributed by atoms with van der Waals surface area (Å²) in [5.41, 5.74) is 4.46. The fourth-order valence-corrected chi connectivity index (χ4v) is 1.91. The molecule has 0 aliphatic carbocycles. The number of hydrogen-bond donors (Lipinski definition) is 0. The first kappa shape index (κ1) is 10.7. The Balaban J connectivity index is 2.58. The lowest BCUT2D eigenvalue weighted by Gasteiger charge is -2.11. The van der Waals surface area contributed by atoms with Crippen LogP contribution >= 0.6 is 0 Å². The molecule has 0 saturated carbocycles. The molecule has 0 aliphatic heterocycles. The van der Waals surface area contributed by atoms with E-state index in [2.05, 4.69) is 25.0 Å². The van der Waals surface area contributed by atoms with Gasteiger partial charge in [-0.15, -0.1) is 0 Å². The summed E-state index contributed by atoms with van der Waals surface area (Å²) >= 11 is 0. The Morgan fingerprint density at radius 3 is 2.38 bits per heavy atom. The van der Waals surface area contributed by atoms with Gasteiger partial charge in [0.15, 0.2) is 0 Å². The molecule has 1 heterocycles. The van der Waals surface area contributed by atoms with E-state index in [0.29, 0.717) is 0 Å². The summed E-state index contributed by atoms with van der Waals surface area (Å²) < 4.78 is 5.24. The van der Waals surface area contributed by atoms with Crippen LogP contribution in [0.5, 0.6) is 5.75 Å². The van der Waals surface area contributed by atoms with Gasteiger partial charge in [0.1, 0.15) is 5.75 Å². The van der Waals surface area contributed by atoms with Crippen LogP contribution in [0.3, 0.4) is 0 Å². The number of pyridine rings is 1. The van der Waals surface area contributed by atoms with Gasteiger partial charge in [-0.1, -0.05) is 6.07 Å². The molecular weight excluding hydrogens is 198 g/mol. The largest absolute Gasteiger partial charge is 0.497 e. The van der Waals surface area contributed by atoms with Crippen molar-refractivity contribution in [3.8, 4) is 17.0 Å². The summed E-state index contributed by atoms with van der Waals surface area (Å²) in [6.45, 7) is 4.14. The zero-order valence-corrected chi connectivity index (χ0v) is 9.74. The second-order valence-electron chi connectivity index (χ2n) is 3.79. The molecule has 2 aromatic rings.